The van der Waals surface area contributed by atoms with E-state index in [-0.39, 0.29) is 18.8 Å². The summed E-state index contributed by atoms with van der Waals surface area (Å²) in [5.41, 5.74) is 0. The maximum absolute atomic E-state index is 11.6. The van der Waals surface area contributed by atoms with E-state index < -0.39 is 16.0 Å². The molecule has 19 heavy (non-hydrogen) atoms. The van der Waals surface area contributed by atoms with Crippen LogP contribution in [0.4, 0.5) is 0 Å². The molecule has 0 aliphatic carbocycles. The van der Waals surface area contributed by atoms with Crippen LogP contribution < -0.4 is 10.0 Å². The van der Waals surface area contributed by atoms with Crippen LogP contribution in [0.5, 0.6) is 0 Å². The first kappa shape index (κ1) is 16.4. The summed E-state index contributed by atoms with van der Waals surface area (Å²) in [4.78, 5) is 13.3. The zero-order valence-electron chi connectivity index (χ0n) is 11.4. The highest BCUT2D eigenvalue weighted by molar-refractivity contribution is 7.89. The summed E-state index contributed by atoms with van der Waals surface area (Å²) in [6.45, 7) is 6.79. The Balaban J connectivity index is 2.17. The Morgan fingerprint density at radius 2 is 2.05 bits per heavy atom. The van der Waals surface area contributed by atoms with Crippen LogP contribution in [0.25, 0.3) is 0 Å². The monoisotopic (exact) mass is 293 g/mol. The molecule has 0 bridgehead atoms. The van der Waals surface area contributed by atoms with Gasteiger partial charge >= 0.3 is 5.97 Å². The first-order valence-electron chi connectivity index (χ1n) is 6.59. The van der Waals surface area contributed by atoms with Crippen LogP contribution in [0, 0.1) is 0 Å². The third-order valence-corrected chi connectivity index (χ3v) is 4.23. The number of nitrogens with one attached hydrogen (secondary N) is 2. The molecule has 8 heteroatoms. The van der Waals surface area contributed by atoms with Gasteiger partial charge in [0.1, 0.15) is 0 Å². The largest absolute Gasteiger partial charge is 0.466 e. The summed E-state index contributed by atoms with van der Waals surface area (Å²) in [7, 11) is -3.39. The normalized spacial score (nSPS) is 17.3. The quantitative estimate of drug-likeness (QED) is 0.545. The number of ether oxygens (including phenoxy) is 1. The van der Waals surface area contributed by atoms with Crippen molar-refractivity contribution < 1.29 is 17.9 Å². The van der Waals surface area contributed by atoms with Gasteiger partial charge in [-0.05, 0) is 6.92 Å². The van der Waals surface area contributed by atoms with Gasteiger partial charge in [0.05, 0.1) is 18.8 Å². The first-order valence-corrected chi connectivity index (χ1v) is 8.25. The van der Waals surface area contributed by atoms with E-state index in [9.17, 15) is 13.2 Å². The van der Waals surface area contributed by atoms with E-state index in [0.29, 0.717) is 13.1 Å². The molecular formula is C11H23N3O4S. The van der Waals surface area contributed by atoms with Gasteiger partial charge in [-0.1, -0.05) is 0 Å². The van der Waals surface area contributed by atoms with E-state index in [4.69, 9.17) is 4.74 Å². The van der Waals surface area contributed by atoms with Crippen molar-refractivity contribution in [1.82, 2.24) is 14.9 Å². The minimum absolute atomic E-state index is 0.100. The first-order chi connectivity index (χ1) is 9.03. The number of rotatable bonds is 8. The zero-order chi connectivity index (χ0) is 14.1. The molecule has 0 spiro atoms. The van der Waals surface area contributed by atoms with Gasteiger partial charge < -0.3 is 10.1 Å². The molecule has 0 aromatic rings. The zero-order valence-corrected chi connectivity index (χ0v) is 12.2. The van der Waals surface area contributed by atoms with Gasteiger partial charge in [0, 0.05) is 39.3 Å². The van der Waals surface area contributed by atoms with Crippen molar-refractivity contribution in [3.05, 3.63) is 0 Å². The van der Waals surface area contributed by atoms with Gasteiger partial charge in [-0.15, -0.1) is 0 Å². The number of piperazine rings is 1. The van der Waals surface area contributed by atoms with Crippen LogP contribution in [-0.4, -0.2) is 70.9 Å². The Morgan fingerprint density at radius 1 is 1.37 bits per heavy atom. The molecule has 0 unspecified atom stereocenters. The average Bonchev–Trinajstić information content (AvgIpc) is 2.38. The second kappa shape index (κ2) is 8.47. The SMILES string of the molecule is CCOC(=O)CCS(=O)(=O)NCCN1CCNCC1. The van der Waals surface area contributed by atoms with E-state index in [1.807, 2.05) is 0 Å². The highest BCUT2D eigenvalue weighted by atomic mass is 32.2. The molecular weight excluding hydrogens is 270 g/mol. The summed E-state index contributed by atoms with van der Waals surface area (Å²) in [6, 6.07) is 0. The fourth-order valence-electron chi connectivity index (χ4n) is 1.82. The molecule has 0 saturated carbocycles. The highest BCUT2D eigenvalue weighted by Crippen LogP contribution is 1.94. The molecule has 7 nitrogen and oxygen atoms in total. The van der Waals surface area contributed by atoms with Gasteiger partial charge in [-0.3, -0.25) is 9.69 Å². The number of esters is 1. The number of nitrogens with zero attached hydrogens (tertiary/aromatic N) is 1. The fourth-order valence-corrected chi connectivity index (χ4v) is 2.80. The molecule has 1 fully saturated rings. The van der Waals surface area contributed by atoms with Crippen molar-refractivity contribution in [2.24, 2.45) is 0 Å². The average molecular weight is 293 g/mol. The van der Waals surface area contributed by atoms with Crippen LogP contribution in [0.2, 0.25) is 0 Å². The minimum atomic E-state index is -3.39. The van der Waals surface area contributed by atoms with E-state index in [2.05, 4.69) is 14.9 Å². The molecule has 112 valence electrons. The summed E-state index contributed by atoms with van der Waals surface area (Å²) in [6.07, 6.45) is -0.100. The van der Waals surface area contributed by atoms with Gasteiger partial charge in [0.2, 0.25) is 10.0 Å². The van der Waals surface area contributed by atoms with E-state index >= 15 is 0 Å². The summed E-state index contributed by atoms with van der Waals surface area (Å²) in [5, 5.41) is 3.23. The van der Waals surface area contributed by atoms with Crippen molar-refractivity contribution in [2.75, 3.05) is 51.6 Å². The third kappa shape index (κ3) is 7.46. The minimum Gasteiger partial charge on any atom is -0.466 e. The maximum atomic E-state index is 11.6. The molecule has 0 aromatic carbocycles. The van der Waals surface area contributed by atoms with Gasteiger partial charge in [0.25, 0.3) is 0 Å². The standard InChI is InChI=1S/C11H23N3O4S/c1-2-18-11(15)3-10-19(16,17)13-6-9-14-7-4-12-5-8-14/h12-13H,2-10H2,1H3. The number of hydrogen-bond acceptors (Lipinski definition) is 6. The number of hydrogen-bond donors (Lipinski definition) is 2. The predicted molar refractivity (Wildman–Crippen MR) is 72.3 cm³/mol. The second-order valence-corrected chi connectivity index (χ2v) is 6.29. The lowest BCUT2D eigenvalue weighted by Gasteiger charge is -2.27. The van der Waals surface area contributed by atoms with E-state index in [0.717, 1.165) is 26.2 Å². The molecule has 1 saturated heterocycles. The Hall–Kier alpha value is -0.700. The van der Waals surface area contributed by atoms with Crippen LogP contribution >= 0.6 is 0 Å². The van der Waals surface area contributed by atoms with Crippen molar-refractivity contribution in [3.63, 3.8) is 0 Å². The summed E-state index contributed by atoms with van der Waals surface area (Å²) < 4.78 is 30.5. The van der Waals surface area contributed by atoms with Crippen molar-refractivity contribution in [2.45, 2.75) is 13.3 Å². The Labute approximate surface area is 114 Å². The lowest BCUT2D eigenvalue weighted by Crippen LogP contribution is -2.46. The van der Waals surface area contributed by atoms with E-state index in [1.165, 1.54) is 0 Å². The molecule has 0 amide bonds. The van der Waals surface area contributed by atoms with Crippen molar-refractivity contribution >= 4 is 16.0 Å². The predicted octanol–water partition coefficient (Wildman–Crippen LogP) is -1.24. The molecule has 1 aliphatic rings. The Bertz CT molecular complexity index is 366. The summed E-state index contributed by atoms with van der Waals surface area (Å²) in [5.74, 6) is -0.692. The maximum Gasteiger partial charge on any atom is 0.306 e. The lowest BCUT2D eigenvalue weighted by atomic mass is 10.3. The number of sulfonamides is 1. The highest BCUT2D eigenvalue weighted by Gasteiger charge is 2.15. The van der Waals surface area contributed by atoms with Crippen LogP contribution in [0.3, 0.4) is 0 Å². The van der Waals surface area contributed by atoms with Crippen molar-refractivity contribution in [1.29, 1.82) is 0 Å². The molecule has 1 rings (SSSR count). The van der Waals surface area contributed by atoms with Crippen LogP contribution in [0.1, 0.15) is 13.3 Å². The fraction of sp³-hybridized carbons (Fsp3) is 0.909. The van der Waals surface area contributed by atoms with E-state index in [1.54, 1.807) is 6.92 Å². The van der Waals surface area contributed by atoms with Crippen molar-refractivity contribution in [3.8, 4) is 0 Å². The van der Waals surface area contributed by atoms with Crippen LogP contribution in [-0.2, 0) is 19.6 Å². The van der Waals surface area contributed by atoms with Crippen LogP contribution in [0.15, 0.2) is 0 Å². The molecule has 2 N–H and O–H groups in total. The second-order valence-electron chi connectivity index (χ2n) is 4.36. The smallest absolute Gasteiger partial charge is 0.306 e. The van der Waals surface area contributed by atoms with Gasteiger partial charge in [-0.25, -0.2) is 13.1 Å². The third-order valence-electron chi connectivity index (χ3n) is 2.84. The Morgan fingerprint density at radius 3 is 2.68 bits per heavy atom. The Kier molecular flexibility index (Phi) is 7.29. The molecule has 0 aromatic heterocycles. The molecule has 1 heterocycles. The molecule has 1 aliphatic heterocycles. The summed E-state index contributed by atoms with van der Waals surface area (Å²) >= 11 is 0. The van der Waals surface area contributed by atoms with Gasteiger partial charge in [-0.2, -0.15) is 0 Å². The molecule has 0 atom stereocenters. The number of carbonyl (C=O) groups is 1. The van der Waals surface area contributed by atoms with Gasteiger partial charge in [0.15, 0.2) is 0 Å². The number of carbonyl (C=O) groups excluding carboxylic acids is 1. The molecule has 0 radical (unpaired) electrons. The topological polar surface area (TPSA) is 87.7 Å². The lowest BCUT2D eigenvalue weighted by molar-refractivity contribution is -0.142.